The largest absolute Gasteiger partial charge is 0.469 e. The van der Waals surface area contributed by atoms with E-state index >= 15 is 0 Å². The van der Waals surface area contributed by atoms with E-state index in [0.29, 0.717) is 25.7 Å². The summed E-state index contributed by atoms with van der Waals surface area (Å²) in [5.74, 6) is -1.52. The van der Waals surface area contributed by atoms with Gasteiger partial charge in [-0.3, -0.25) is 4.79 Å². The van der Waals surface area contributed by atoms with Crippen LogP contribution in [-0.4, -0.2) is 38.6 Å². The quantitative estimate of drug-likeness (QED) is 0.555. The van der Waals surface area contributed by atoms with Crippen molar-refractivity contribution in [2.45, 2.75) is 44.9 Å². The molecule has 2 rings (SSSR count). The molecule has 5 nitrogen and oxygen atoms in total. The molecule has 1 aliphatic rings. The molecule has 1 N–H and O–H groups in total. The number of unbranched alkanes of at least 4 members (excludes halogenated alkanes) is 1. The summed E-state index contributed by atoms with van der Waals surface area (Å²) in [6, 6.07) is 10.7. The first-order chi connectivity index (χ1) is 11.6. The lowest BCUT2D eigenvalue weighted by atomic mass is 9.95. The molecule has 0 spiro atoms. The summed E-state index contributed by atoms with van der Waals surface area (Å²) in [6.45, 7) is 5.96. The van der Waals surface area contributed by atoms with Gasteiger partial charge >= 0.3 is 5.97 Å². The molecular formula is C19H29NO4. The van der Waals surface area contributed by atoms with Gasteiger partial charge in [0.2, 0.25) is 0 Å². The zero-order valence-corrected chi connectivity index (χ0v) is 14.9. The second kappa shape index (κ2) is 9.16. The van der Waals surface area contributed by atoms with E-state index in [9.17, 15) is 4.79 Å². The fourth-order valence-electron chi connectivity index (χ4n) is 3.11. The first-order valence-electron chi connectivity index (χ1n) is 8.73. The van der Waals surface area contributed by atoms with E-state index in [1.807, 2.05) is 13.0 Å². The van der Waals surface area contributed by atoms with Gasteiger partial charge < -0.3 is 19.5 Å². The second-order valence-electron chi connectivity index (χ2n) is 6.30. The third-order valence-electron chi connectivity index (χ3n) is 4.69. The van der Waals surface area contributed by atoms with Crippen molar-refractivity contribution in [2.75, 3.05) is 26.9 Å². The second-order valence-corrected chi connectivity index (χ2v) is 6.30. The maximum atomic E-state index is 11.8. The predicted molar refractivity (Wildman–Crippen MR) is 92.5 cm³/mol. The number of carbonyl (C=O) groups is 1. The number of nitrogens with one attached hydrogen (secondary N) is 1. The number of benzene rings is 1. The summed E-state index contributed by atoms with van der Waals surface area (Å²) in [6.07, 6.45) is 2.63. The fraction of sp³-hybridized carbons (Fsp3) is 0.632. The van der Waals surface area contributed by atoms with Crippen LogP contribution in [0.15, 0.2) is 30.3 Å². The van der Waals surface area contributed by atoms with Crippen LogP contribution in [0.4, 0.5) is 0 Å². The minimum Gasteiger partial charge on any atom is -0.469 e. The SMILES string of the molecule is COC(=O)C(C)C1(CCCCN[C@@H](C)c2ccccc2)OCCO1. The van der Waals surface area contributed by atoms with E-state index in [-0.39, 0.29) is 5.97 Å². The number of rotatable bonds is 9. The molecule has 2 atom stereocenters. The van der Waals surface area contributed by atoms with Crippen molar-refractivity contribution in [3.8, 4) is 0 Å². The van der Waals surface area contributed by atoms with Crippen molar-refractivity contribution < 1.29 is 19.0 Å². The molecule has 0 radical (unpaired) electrons. The zero-order valence-electron chi connectivity index (χ0n) is 14.9. The summed E-state index contributed by atoms with van der Waals surface area (Å²) in [5.41, 5.74) is 1.29. The number of carbonyl (C=O) groups excluding carboxylic acids is 1. The van der Waals surface area contributed by atoms with Crippen LogP contribution in [0, 0.1) is 5.92 Å². The monoisotopic (exact) mass is 335 g/mol. The highest BCUT2D eigenvalue weighted by Gasteiger charge is 2.45. The lowest BCUT2D eigenvalue weighted by Gasteiger charge is -2.31. The first-order valence-corrected chi connectivity index (χ1v) is 8.73. The Hall–Kier alpha value is -1.43. The molecule has 1 aliphatic heterocycles. The molecule has 0 bridgehead atoms. The van der Waals surface area contributed by atoms with Gasteiger partial charge in [0, 0.05) is 12.5 Å². The van der Waals surface area contributed by atoms with Gasteiger partial charge in [-0.1, -0.05) is 30.3 Å². The molecule has 0 aliphatic carbocycles. The van der Waals surface area contributed by atoms with Gasteiger partial charge in [-0.25, -0.2) is 0 Å². The Bertz CT molecular complexity index is 499. The van der Waals surface area contributed by atoms with Crippen LogP contribution >= 0.6 is 0 Å². The summed E-state index contributed by atoms with van der Waals surface area (Å²) in [4.78, 5) is 11.8. The topological polar surface area (TPSA) is 56.8 Å². The van der Waals surface area contributed by atoms with Crippen LogP contribution in [-0.2, 0) is 19.0 Å². The summed E-state index contributed by atoms with van der Waals surface area (Å²) >= 11 is 0. The van der Waals surface area contributed by atoms with E-state index in [4.69, 9.17) is 14.2 Å². The van der Waals surface area contributed by atoms with E-state index in [1.54, 1.807) is 0 Å². The molecule has 0 amide bonds. The third kappa shape index (κ3) is 4.79. The number of hydrogen-bond donors (Lipinski definition) is 1. The maximum absolute atomic E-state index is 11.8. The van der Waals surface area contributed by atoms with Crippen LogP contribution in [0.2, 0.25) is 0 Å². The predicted octanol–water partition coefficient (Wildman–Crippen LogP) is 3.06. The number of hydrogen-bond acceptors (Lipinski definition) is 5. The standard InChI is InChI=1S/C19H29NO4/c1-15(18(21)22-3)19(23-13-14-24-19)11-7-8-12-20-16(2)17-9-5-4-6-10-17/h4-6,9-10,15-16,20H,7-8,11-14H2,1-3H3/t15?,16-/m0/s1. The lowest BCUT2D eigenvalue weighted by Crippen LogP contribution is -2.42. The molecule has 1 aromatic carbocycles. The van der Waals surface area contributed by atoms with E-state index < -0.39 is 11.7 Å². The van der Waals surface area contributed by atoms with Gasteiger partial charge in [-0.05, 0) is 38.8 Å². The van der Waals surface area contributed by atoms with Crippen molar-refractivity contribution in [3.05, 3.63) is 35.9 Å². The van der Waals surface area contributed by atoms with Crippen LogP contribution in [0.25, 0.3) is 0 Å². The smallest absolute Gasteiger partial charge is 0.313 e. The molecule has 1 saturated heterocycles. The van der Waals surface area contributed by atoms with Crippen molar-refractivity contribution in [2.24, 2.45) is 5.92 Å². The molecule has 0 saturated carbocycles. The average Bonchev–Trinajstić information content (AvgIpc) is 3.10. The van der Waals surface area contributed by atoms with Gasteiger partial charge in [-0.2, -0.15) is 0 Å². The number of ether oxygens (including phenoxy) is 3. The molecule has 134 valence electrons. The van der Waals surface area contributed by atoms with Crippen molar-refractivity contribution >= 4 is 5.97 Å². The highest BCUT2D eigenvalue weighted by atomic mass is 16.7. The van der Waals surface area contributed by atoms with Gasteiger partial charge in [0.25, 0.3) is 0 Å². The Morgan fingerprint density at radius 1 is 1.21 bits per heavy atom. The molecular weight excluding hydrogens is 306 g/mol. The van der Waals surface area contributed by atoms with Gasteiger partial charge in [0.1, 0.15) is 5.92 Å². The fourth-order valence-corrected chi connectivity index (χ4v) is 3.11. The minimum atomic E-state index is -0.821. The van der Waals surface area contributed by atoms with Gasteiger partial charge in [-0.15, -0.1) is 0 Å². The highest BCUT2D eigenvalue weighted by molar-refractivity contribution is 5.73. The Morgan fingerprint density at radius 3 is 2.50 bits per heavy atom. The minimum absolute atomic E-state index is 0.285. The van der Waals surface area contributed by atoms with E-state index in [2.05, 4.69) is 36.5 Å². The summed E-state index contributed by atoms with van der Waals surface area (Å²) < 4.78 is 16.4. The Kier molecular flexibility index (Phi) is 7.21. The third-order valence-corrected chi connectivity index (χ3v) is 4.69. The van der Waals surface area contributed by atoms with Crippen LogP contribution in [0.3, 0.4) is 0 Å². The number of esters is 1. The first kappa shape index (κ1) is 18.9. The summed E-state index contributed by atoms with van der Waals surface area (Å²) in [7, 11) is 1.40. The molecule has 24 heavy (non-hydrogen) atoms. The van der Waals surface area contributed by atoms with Crippen LogP contribution in [0.1, 0.15) is 44.7 Å². The molecule has 0 aromatic heterocycles. The highest BCUT2D eigenvalue weighted by Crippen LogP contribution is 2.34. The Morgan fingerprint density at radius 2 is 1.88 bits per heavy atom. The lowest BCUT2D eigenvalue weighted by molar-refractivity contribution is -0.208. The molecule has 1 heterocycles. The summed E-state index contributed by atoms with van der Waals surface area (Å²) in [5, 5.41) is 3.53. The van der Waals surface area contributed by atoms with Crippen LogP contribution in [0.5, 0.6) is 0 Å². The van der Waals surface area contributed by atoms with Crippen LogP contribution < -0.4 is 5.32 Å². The molecule has 1 fully saturated rings. The molecule has 1 aromatic rings. The normalized spacial score (nSPS) is 19.0. The van der Waals surface area contributed by atoms with E-state index in [0.717, 1.165) is 19.4 Å². The maximum Gasteiger partial charge on any atom is 0.313 e. The Balaban J connectivity index is 1.74. The van der Waals surface area contributed by atoms with Crippen molar-refractivity contribution in [1.82, 2.24) is 5.32 Å². The van der Waals surface area contributed by atoms with E-state index in [1.165, 1.54) is 12.7 Å². The molecule has 1 unspecified atom stereocenters. The zero-order chi connectivity index (χ0) is 17.4. The van der Waals surface area contributed by atoms with Crippen molar-refractivity contribution in [3.63, 3.8) is 0 Å². The average molecular weight is 335 g/mol. The number of methoxy groups -OCH3 is 1. The molecule has 5 heteroatoms. The Labute approximate surface area is 144 Å². The van der Waals surface area contributed by atoms with Gasteiger partial charge in [0.15, 0.2) is 5.79 Å². The van der Waals surface area contributed by atoms with Gasteiger partial charge in [0.05, 0.1) is 20.3 Å². The van der Waals surface area contributed by atoms with Crippen molar-refractivity contribution in [1.29, 1.82) is 0 Å².